The molecule has 2 nitrogen and oxygen atoms in total. The van der Waals surface area contributed by atoms with Crippen molar-refractivity contribution in [2.45, 2.75) is 13.2 Å². The van der Waals surface area contributed by atoms with E-state index in [1.165, 1.54) is 0 Å². The van der Waals surface area contributed by atoms with Gasteiger partial charge in [-0.2, -0.15) is 0 Å². The van der Waals surface area contributed by atoms with E-state index in [0.717, 1.165) is 0 Å². The molecule has 8 heavy (non-hydrogen) atoms. The first-order valence-electron chi connectivity index (χ1n) is 2.71. The van der Waals surface area contributed by atoms with Gasteiger partial charge >= 0.3 is 0 Å². The maximum Gasteiger partial charge on any atom is 0.105 e. The van der Waals surface area contributed by atoms with Gasteiger partial charge in [-0.15, -0.1) is 6.58 Å². The maximum atomic E-state index is 5.11. The summed E-state index contributed by atoms with van der Waals surface area (Å²) in [4.78, 5) is 0. The Morgan fingerprint density at radius 2 is 2.50 bits per heavy atom. The number of ether oxygens (including phenoxy) is 1. The van der Waals surface area contributed by atoms with Gasteiger partial charge in [0.2, 0.25) is 0 Å². The van der Waals surface area contributed by atoms with Gasteiger partial charge < -0.3 is 4.74 Å². The molecule has 0 bridgehead atoms. The Kier molecular flexibility index (Phi) is 4.61. The van der Waals surface area contributed by atoms with Crippen molar-refractivity contribution in [2.75, 3.05) is 13.7 Å². The van der Waals surface area contributed by atoms with Gasteiger partial charge in [-0.05, 0) is 14.0 Å². The van der Waals surface area contributed by atoms with Gasteiger partial charge in [-0.1, -0.05) is 6.08 Å². The van der Waals surface area contributed by atoms with Gasteiger partial charge in [0.15, 0.2) is 0 Å². The maximum absolute atomic E-state index is 5.11. The Morgan fingerprint density at radius 3 is 2.88 bits per heavy atom. The van der Waals surface area contributed by atoms with Crippen LogP contribution in [0.2, 0.25) is 0 Å². The van der Waals surface area contributed by atoms with Crippen molar-refractivity contribution in [2.24, 2.45) is 0 Å². The number of nitrogens with one attached hydrogen (secondary N) is 1. The first kappa shape index (κ1) is 7.66. The van der Waals surface area contributed by atoms with E-state index in [-0.39, 0.29) is 6.23 Å². The molecule has 0 aliphatic carbocycles. The lowest BCUT2D eigenvalue weighted by Crippen LogP contribution is -2.24. The fraction of sp³-hybridized carbons (Fsp3) is 0.667. The summed E-state index contributed by atoms with van der Waals surface area (Å²) in [5.74, 6) is 0. The molecule has 0 saturated carbocycles. The molecule has 0 saturated heterocycles. The smallest absolute Gasteiger partial charge is 0.105 e. The molecule has 0 aliphatic heterocycles. The molecule has 2 heteroatoms. The van der Waals surface area contributed by atoms with Crippen LogP contribution in [0.4, 0.5) is 0 Å². The Morgan fingerprint density at radius 1 is 1.88 bits per heavy atom. The summed E-state index contributed by atoms with van der Waals surface area (Å²) in [7, 11) is 1.85. The van der Waals surface area contributed by atoms with Gasteiger partial charge in [0, 0.05) is 0 Å². The highest BCUT2D eigenvalue weighted by atomic mass is 16.5. The number of rotatable bonds is 4. The normalized spacial score (nSPS) is 13.2. The quantitative estimate of drug-likeness (QED) is 0.431. The van der Waals surface area contributed by atoms with Crippen LogP contribution in [0.25, 0.3) is 0 Å². The van der Waals surface area contributed by atoms with Gasteiger partial charge in [0.1, 0.15) is 6.23 Å². The topological polar surface area (TPSA) is 21.3 Å². The minimum atomic E-state index is 0.132. The van der Waals surface area contributed by atoms with Crippen LogP contribution in [0.1, 0.15) is 6.92 Å². The lowest BCUT2D eigenvalue weighted by Gasteiger charge is -2.08. The number of hydrogen-bond acceptors (Lipinski definition) is 2. The van der Waals surface area contributed by atoms with Crippen molar-refractivity contribution in [1.29, 1.82) is 0 Å². The molecule has 0 aliphatic rings. The third-order valence-electron chi connectivity index (χ3n) is 0.871. The monoisotopic (exact) mass is 115 g/mol. The molecule has 0 amide bonds. The lowest BCUT2D eigenvalue weighted by molar-refractivity contribution is 0.0690. The minimum absolute atomic E-state index is 0.132. The molecule has 1 atom stereocenters. The van der Waals surface area contributed by atoms with Crippen molar-refractivity contribution in [1.82, 2.24) is 5.32 Å². The Hall–Kier alpha value is -0.340. The average Bonchev–Trinajstić information content (AvgIpc) is 1.83. The molecule has 0 heterocycles. The first-order chi connectivity index (χ1) is 3.81. The Bertz CT molecular complexity index is 63.5. The van der Waals surface area contributed by atoms with Crippen LogP contribution in [-0.4, -0.2) is 19.9 Å². The summed E-state index contributed by atoms with van der Waals surface area (Å²) in [6, 6.07) is 0. The third kappa shape index (κ3) is 3.84. The van der Waals surface area contributed by atoms with Crippen molar-refractivity contribution in [3.8, 4) is 0 Å². The van der Waals surface area contributed by atoms with E-state index in [4.69, 9.17) is 4.74 Å². The Labute approximate surface area is 50.5 Å². The summed E-state index contributed by atoms with van der Waals surface area (Å²) in [6.45, 7) is 6.08. The summed E-state index contributed by atoms with van der Waals surface area (Å²) in [5, 5.41) is 2.93. The summed E-state index contributed by atoms with van der Waals surface area (Å²) in [5.41, 5.74) is 0. The van der Waals surface area contributed by atoms with Crippen LogP contribution in [0.5, 0.6) is 0 Å². The molecule has 0 fully saturated rings. The predicted octanol–water partition coefficient (Wildman–Crippen LogP) is 0.754. The molecule has 1 unspecified atom stereocenters. The van der Waals surface area contributed by atoms with E-state index >= 15 is 0 Å². The fourth-order valence-electron chi connectivity index (χ4n) is 0.296. The Balaban J connectivity index is 2.97. The SMILES string of the molecule is C=CCOC(C)NC. The fourth-order valence-corrected chi connectivity index (χ4v) is 0.296. The van der Waals surface area contributed by atoms with Gasteiger partial charge in [0.05, 0.1) is 6.61 Å². The molecule has 0 aromatic rings. The zero-order chi connectivity index (χ0) is 6.41. The van der Waals surface area contributed by atoms with E-state index < -0.39 is 0 Å². The second-order valence-corrected chi connectivity index (χ2v) is 1.55. The molecular formula is C6H13NO. The van der Waals surface area contributed by atoms with E-state index in [0.29, 0.717) is 6.61 Å². The molecule has 48 valence electrons. The summed E-state index contributed by atoms with van der Waals surface area (Å²) < 4.78 is 5.11. The standard InChI is InChI=1S/C6H13NO/c1-4-5-8-6(2)7-3/h4,6-7H,1,5H2,2-3H3. The third-order valence-corrected chi connectivity index (χ3v) is 0.871. The molecule has 0 radical (unpaired) electrons. The largest absolute Gasteiger partial charge is 0.360 e. The summed E-state index contributed by atoms with van der Waals surface area (Å²) in [6.07, 6.45) is 1.86. The van der Waals surface area contributed by atoms with Crippen molar-refractivity contribution >= 4 is 0 Å². The van der Waals surface area contributed by atoms with Gasteiger partial charge in [0.25, 0.3) is 0 Å². The van der Waals surface area contributed by atoms with Crippen LogP contribution in [-0.2, 0) is 4.74 Å². The number of hydrogen-bond donors (Lipinski definition) is 1. The second-order valence-electron chi connectivity index (χ2n) is 1.55. The van der Waals surface area contributed by atoms with Gasteiger partial charge in [-0.3, -0.25) is 5.32 Å². The average molecular weight is 115 g/mol. The predicted molar refractivity (Wildman–Crippen MR) is 34.7 cm³/mol. The molecule has 0 aromatic carbocycles. The zero-order valence-electron chi connectivity index (χ0n) is 5.48. The molecule has 1 N–H and O–H groups in total. The highest BCUT2D eigenvalue weighted by molar-refractivity contribution is 4.64. The van der Waals surface area contributed by atoms with Crippen LogP contribution in [0.3, 0.4) is 0 Å². The van der Waals surface area contributed by atoms with Crippen molar-refractivity contribution in [3.63, 3.8) is 0 Å². The highest BCUT2D eigenvalue weighted by Gasteiger charge is 1.91. The molecule has 0 aromatic heterocycles. The van der Waals surface area contributed by atoms with E-state index in [9.17, 15) is 0 Å². The van der Waals surface area contributed by atoms with Crippen molar-refractivity contribution < 1.29 is 4.74 Å². The van der Waals surface area contributed by atoms with Crippen LogP contribution >= 0.6 is 0 Å². The minimum Gasteiger partial charge on any atom is -0.360 e. The molecular weight excluding hydrogens is 102 g/mol. The van der Waals surface area contributed by atoms with E-state index in [2.05, 4.69) is 11.9 Å². The van der Waals surface area contributed by atoms with E-state index in [1.807, 2.05) is 14.0 Å². The zero-order valence-corrected chi connectivity index (χ0v) is 5.48. The van der Waals surface area contributed by atoms with Crippen molar-refractivity contribution in [3.05, 3.63) is 12.7 Å². The summed E-state index contributed by atoms with van der Waals surface area (Å²) >= 11 is 0. The van der Waals surface area contributed by atoms with Crippen LogP contribution < -0.4 is 5.32 Å². The molecule has 0 rings (SSSR count). The van der Waals surface area contributed by atoms with E-state index in [1.54, 1.807) is 6.08 Å². The first-order valence-corrected chi connectivity index (χ1v) is 2.71. The lowest BCUT2D eigenvalue weighted by atomic mass is 10.6. The van der Waals surface area contributed by atoms with Gasteiger partial charge in [-0.25, -0.2) is 0 Å². The van der Waals surface area contributed by atoms with Crippen LogP contribution in [0.15, 0.2) is 12.7 Å². The van der Waals surface area contributed by atoms with Crippen LogP contribution in [0, 0.1) is 0 Å². The highest BCUT2D eigenvalue weighted by Crippen LogP contribution is 1.81. The second kappa shape index (κ2) is 4.81. The molecule has 0 spiro atoms.